The molecule has 0 fully saturated rings. The number of carboxylic acid groups (broad SMARTS) is 1. The fraction of sp³-hybridized carbons (Fsp3) is 0.167. The molecule has 0 aliphatic heterocycles. The van der Waals surface area contributed by atoms with Gasteiger partial charge in [-0.15, -0.1) is 6.58 Å². The molecular formula is C12H13BrN2O3. The summed E-state index contributed by atoms with van der Waals surface area (Å²) in [6, 6.07) is 3.79. The van der Waals surface area contributed by atoms with Gasteiger partial charge in [-0.3, -0.25) is 0 Å². The zero-order valence-corrected chi connectivity index (χ0v) is 11.3. The van der Waals surface area contributed by atoms with Gasteiger partial charge in [0.2, 0.25) is 0 Å². The van der Waals surface area contributed by atoms with Gasteiger partial charge in [0.05, 0.1) is 11.3 Å². The largest absolute Gasteiger partial charge is 0.478 e. The number of hydrogen-bond acceptors (Lipinski definition) is 2. The third kappa shape index (κ3) is 3.89. The fourth-order valence-corrected chi connectivity index (χ4v) is 1.52. The number of hydrogen-bond donors (Lipinski definition) is 3. The quantitative estimate of drug-likeness (QED) is 0.748. The van der Waals surface area contributed by atoms with Crippen LogP contribution in [0.2, 0.25) is 0 Å². The van der Waals surface area contributed by atoms with E-state index in [1.54, 1.807) is 19.1 Å². The number of carbonyl (C=O) groups is 2. The summed E-state index contributed by atoms with van der Waals surface area (Å²) in [6.07, 6.45) is 1.59. The van der Waals surface area contributed by atoms with Crippen LogP contribution in [0, 0.1) is 0 Å². The van der Waals surface area contributed by atoms with Crippen LogP contribution < -0.4 is 10.6 Å². The molecule has 0 spiro atoms. The van der Waals surface area contributed by atoms with Crippen molar-refractivity contribution in [3.05, 3.63) is 40.9 Å². The van der Waals surface area contributed by atoms with E-state index < -0.39 is 12.0 Å². The van der Waals surface area contributed by atoms with E-state index in [2.05, 4.69) is 33.1 Å². The minimum atomic E-state index is -1.05. The topological polar surface area (TPSA) is 78.4 Å². The smallest absolute Gasteiger partial charge is 0.335 e. The minimum absolute atomic E-state index is 0.102. The first-order valence-corrected chi connectivity index (χ1v) is 5.96. The number of carbonyl (C=O) groups excluding carboxylic acids is 1. The Hall–Kier alpha value is -1.82. The highest BCUT2D eigenvalue weighted by atomic mass is 79.9. The van der Waals surface area contributed by atoms with E-state index in [0.717, 1.165) is 0 Å². The summed E-state index contributed by atoms with van der Waals surface area (Å²) >= 11 is 3.24. The van der Waals surface area contributed by atoms with Crippen LogP contribution in [0.25, 0.3) is 0 Å². The number of halogens is 1. The van der Waals surface area contributed by atoms with Gasteiger partial charge in [-0.25, -0.2) is 9.59 Å². The summed E-state index contributed by atoms with van der Waals surface area (Å²) in [4.78, 5) is 22.4. The molecule has 1 aromatic rings. The molecule has 0 saturated carbocycles. The van der Waals surface area contributed by atoms with Crippen molar-refractivity contribution < 1.29 is 14.7 Å². The number of urea groups is 1. The zero-order chi connectivity index (χ0) is 13.7. The van der Waals surface area contributed by atoms with E-state index in [9.17, 15) is 9.59 Å². The fourth-order valence-electron chi connectivity index (χ4n) is 1.18. The summed E-state index contributed by atoms with van der Waals surface area (Å²) in [6.45, 7) is 5.32. The van der Waals surface area contributed by atoms with Crippen LogP contribution in [0.3, 0.4) is 0 Å². The monoisotopic (exact) mass is 312 g/mol. The van der Waals surface area contributed by atoms with Gasteiger partial charge in [-0.05, 0) is 41.1 Å². The second-order valence-corrected chi connectivity index (χ2v) is 4.48. The highest BCUT2D eigenvalue weighted by Gasteiger charge is 2.10. The molecule has 2 amide bonds. The SMILES string of the molecule is C=CC(C)NC(=O)Nc1cc(C(=O)O)ccc1Br. The molecule has 6 heteroatoms. The molecule has 0 aliphatic rings. The van der Waals surface area contributed by atoms with Gasteiger partial charge < -0.3 is 15.7 Å². The Morgan fingerprint density at radius 1 is 1.50 bits per heavy atom. The number of rotatable bonds is 4. The van der Waals surface area contributed by atoms with Gasteiger partial charge in [0.1, 0.15) is 0 Å². The molecule has 96 valence electrons. The Labute approximate surface area is 113 Å². The van der Waals surface area contributed by atoms with E-state index >= 15 is 0 Å². The molecule has 1 unspecified atom stereocenters. The second-order valence-electron chi connectivity index (χ2n) is 3.62. The lowest BCUT2D eigenvalue weighted by molar-refractivity contribution is 0.0697. The van der Waals surface area contributed by atoms with Crippen molar-refractivity contribution in [1.82, 2.24) is 5.32 Å². The Morgan fingerprint density at radius 2 is 2.17 bits per heavy atom. The third-order valence-corrected chi connectivity index (χ3v) is 2.87. The van der Waals surface area contributed by atoms with Crippen LogP contribution in [0.1, 0.15) is 17.3 Å². The van der Waals surface area contributed by atoms with Crippen LogP contribution in [0.15, 0.2) is 35.3 Å². The van der Waals surface area contributed by atoms with Gasteiger partial charge in [-0.1, -0.05) is 6.08 Å². The summed E-state index contributed by atoms with van der Waals surface area (Å²) in [7, 11) is 0. The van der Waals surface area contributed by atoms with Crippen LogP contribution in [0.5, 0.6) is 0 Å². The van der Waals surface area contributed by atoms with Gasteiger partial charge in [0, 0.05) is 10.5 Å². The van der Waals surface area contributed by atoms with Crippen molar-refractivity contribution in [2.24, 2.45) is 0 Å². The van der Waals surface area contributed by atoms with Crippen molar-refractivity contribution in [1.29, 1.82) is 0 Å². The third-order valence-electron chi connectivity index (χ3n) is 2.17. The highest BCUT2D eigenvalue weighted by Crippen LogP contribution is 2.23. The van der Waals surface area contributed by atoms with Crippen molar-refractivity contribution in [2.75, 3.05) is 5.32 Å². The first kappa shape index (κ1) is 14.2. The molecule has 5 nitrogen and oxygen atoms in total. The van der Waals surface area contributed by atoms with E-state index in [4.69, 9.17) is 5.11 Å². The van der Waals surface area contributed by atoms with Crippen molar-refractivity contribution >= 4 is 33.6 Å². The molecule has 1 rings (SSSR count). The van der Waals surface area contributed by atoms with E-state index in [1.165, 1.54) is 12.1 Å². The lowest BCUT2D eigenvalue weighted by Crippen LogP contribution is -2.34. The van der Waals surface area contributed by atoms with Crippen molar-refractivity contribution in [2.45, 2.75) is 13.0 Å². The van der Waals surface area contributed by atoms with Crippen LogP contribution >= 0.6 is 15.9 Å². The summed E-state index contributed by atoms with van der Waals surface area (Å²) < 4.78 is 0.605. The van der Waals surface area contributed by atoms with E-state index in [-0.39, 0.29) is 11.6 Å². The molecule has 3 N–H and O–H groups in total. The van der Waals surface area contributed by atoms with E-state index in [1.807, 2.05) is 0 Å². The maximum atomic E-state index is 11.6. The van der Waals surface area contributed by atoms with Crippen LogP contribution in [0.4, 0.5) is 10.5 Å². The van der Waals surface area contributed by atoms with Crippen LogP contribution in [-0.2, 0) is 0 Å². The summed E-state index contributed by atoms with van der Waals surface area (Å²) in [5, 5.41) is 14.0. The van der Waals surface area contributed by atoms with Gasteiger partial charge in [-0.2, -0.15) is 0 Å². The predicted molar refractivity (Wildman–Crippen MR) is 72.9 cm³/mol. The Balaban J connectivity index is 2.83. The summed E-state index contributed by atoms with van der Waals surface area (Å²) in [5.41, 5.74) is 0.494. The lowest BCUT2D eigenvalue weighted by atomic mass is 10.2. The molecule has 0 heterocycles. The van der Waals surface area contributed by atoms with E-state index in [0.29, 0.717) is 10.2 Å². The second kappa shape index (κ2) is 6.20. The molecule has 1 aromatic carbocycles. The van der Waals surface area contributed by atoms with Gasteiger partial charge >= 0.3 is 12.0 Å². The molecule has 0 radical (unpaired) electrons. The molecule has 18 heavy (non-hydrogen) atoms. The minimum Gasteiger partial charge on any atom is -0.478 e. The number of amides is 2. The maximum Gasteiger partial charge on any atom is 0.335 e. The van der Waals surface area contributed by atoms with Crippen molar-refractivity contribution in [3.63, 3.8) is 0 Å². The van der Waals surface area contributed by atoms with Crippen molar-refractivity contribution in [3.8, 4) is 0 Å². The molecular weight excluding hydrogens is 300 g/mol. The molecule has 0 aromatic heterocycles. The number of aromatic carboxylic acids is 1. The lowest BCUT2D eigenvalue weighted by Gasteiger charge is -2.12. The zero-order valence-electron chi connectivity index (χ0n) is 9.74. The molecule has 0 saturated heterocycles. The molecule has 1 atom stereocenters. The van der Waals surface area contributed by atoms with Gasteiger partial charge in [0.25, 0.3) is 0 Å². The normalized spacial score (nSPS) is 11.4. The Bertz CT molecular complexity index is 488. The number of benzene rings is 1. The first-order valence-electron chi connectivity index (χ1n) is 5.17. The average Bonchev–Trinajstić information content (AvgIpc) is 2.31. The van der Waals surface area contributed by atoms with Crippen LogP contribution in [-0.4, -0.2) is 23.1 Å². The predicted octanol–water partition coefficient (Wildman–Crippen LogP) is 2.84. The Kier molecular flexibility index (Phi) is 4.91. The first-order chi connectivity index (χ1) is 8.43. The molecule has 0 aliphatic carbocycles. The number of carboxylic acids is 1. The maximum absolute atomic E-state index is 11.6. The molecule has 0 bridgehead atoms. The summed E-state index contributed by atoms with van der Waals surface area (Å²) in [5.74, 6) is -1.05. The number of nitrogens with one attached hydrogen (secondary N) is 2. The van der Waals surface area contributed by atoms with Gasteiger partial charge in [0.15, 0.2) is 0 Å². The average molecular weight is 313 g/mol. The highest BCUT2D eigenvalue weighted by molar-refractivity contribution is 9.10. The number of anilines is 1. The standard InChI is InChI=1S/C12H13BrN2O3/c1-3-7(2)14-12(18)15-10-6-8(11(16)17)4-5-9(10)13/h3-7H,1H2,2H3,(H,16,17)(H2,14,15,18). The Morgan fingerprint density at radius 3 is 2.72 bits per heavy atom.